The van der Waals surface area contributed by atoms with E-state index < -0.39 is 23.7 Å². The smallest absolute Gasteiger partial charge is 0.238 e. The first kappa shape index (κ1) is 28.2. The predicted octanol–water partition coefficient (Wildman–Crippen LogP) is 5.23. The van der Waals surface area contributed by atoms with E-state index >= 15 is 0 Å². The van der Waals surface area contributed by atoms with Crippen LogP contribution in [-0.4, -0.2) is 42.7 Å². The van der Waals surface area contributed by atoms with Gasteiger partial charge >= 0.3 is 0 Å². The minimum absolute atomic E-state index is 0.132. The van der Waals surface area contributed by atoms with Crippen molar-refractivity contribution in [2.45, 2.75) is 19.8 Å². The molecule has 4 atom stereocenters. The zero-order valence-corrected chi connectivity index (χ0v) is 24.1. The Hall–Kier alpha value is -4.98. The molecule has 0 radical (unpaired) electrons. The number of hydrogen-bond acceptors (Lipinski definition) is 7. The first-order valence-electron chi connectivity index (χ1n) is 14.1. The Morgan fingerprint density at radius 1 is 0.953 bits per heavy atom. The number of nitrogens with zero attached hydrogens (tertiary/aromatic N) is 1. The fraction of sp³-hybridized carbons (Fsp3) is 0.257. The van der Waals surface area contributed by atoms with Crippen LogP contribution in [0, 0.1) is 23.7 Å². The molecule has 0 bridgehead atoms. The minimum Gasteiger partial charge on any atom is -0.502 e. The first-order chi connectivity index (χ1) is 20.7. The summed E-state index contributed by atoms with van der Waals surface area (Å²) in [6.07, 6.45) is 9.23. The molecule has 2 amide bonds. The number of allylic oxidation sites excluding steroid dienone is 7. The van der Waals surface area contributed by atoms with Gasteiger partial charge in [0.05, 0.1) is 31.7 Å². The molecule has 6 rings (SSSR count). The van der Waals surface area contributed by atoms with Crippen molar-refractivity contribution in [3.05, 3.63) is 94.6 Å². The van der Waals surface area contributed by atoms with E-state index in [0.29, 0.717) is 34.4 Å². The summed E-state index contributed by atoms with van der Waals surface area (Å²) in [7, 11) is 2.87. The SMILES string of the molecule is C=Cc1ccc(N2C(=O)[C@H]3[C@H](CC=C4[C@H](C=Cc5cc(OC)c(O)c(OC)c5)C5=C(C[C@H]43)C(=O)C=C(C)C5=O)C2=O)cc1. The molecule has 1 fully saturated rings. The molecule has 1 saturated heterocycles. The summed E-state index contributed by atoms with van der Waals surface area (Å²) in [5.41, 5.74) is 4.04. The fourth-order valence-electron chi connectivity index (χ4n) is 6.87. The predicted molar refractivity (Wildman–Crippen MR) is 161 cm³/mol. The number of amides is 2. The zero-order valence-electron chi connectivity index (χ0n) is 24.1. The highest BCUT2D eigenvalue weighted by Gasteiger charge is 2.56. The quantitative estimate of drug-likeness (QED) is 0.284. The van der Waals surface area contributed by atoms with Crippen molar-refractivity contribution in [2.24, 2.45) is 23.7 Å². The van der Waals surface area contributed by atoms with Gasteiger partial charge in [0, 0.05) is 22.6 Å². The van der Waals surface area contributed by atoms with Crippen molar-refractivity contribution in [1.82, 2.24) is 0 Å². The molecule has 2 aromatic carbocycles. The number of benzene rings is 2. The lowest BCUT2D eigenvalue weighted by atomic mass is 9.60. The molecule has 3 aliphatic carbocycles. The van der Waals surface area contributed by atoms with Gasteiger partial charge in [0.15, 0.2) is 23.1 Å². The van der Waals surface area contributed by atoms with E-state index in [-0.39, 0.29) is 47.1 Å². The summed E-state index contributed by atoms with van der Waals surface area (Å²) in [5.74, 6) is -2.89. The number of hydrogen-bond donors (Lipinski definition) is 1. The van der Waals surface area contributed by atoms with Crippen molar-refractivity contribution in [1.29, 1.82) is 0 Å². The van der Waals surface area contributed by atoms with Crippen LogP contribution in [0.1, 0.15) is 30.9 Å². The molecule has 0 spiro atoms. The maximum Gasteiger partial charge on any atom is 0.238 e. The number of rotatable bonds is 6. The topological polar surface area (TPSA) is 110 Å². The second-order valence-electron chi connectivity index (χ2n) is 11.2. The van der Waals surface area contributed by atoms with Gasteiger partial charge < -0.3 is 14.6 Å². The number of carbonyl (C=O) groups is 4. The molecular weight excluding hydrogens is 546 g/mol. The van der Waals surface area contributed by atoms with Gasteiger partial charge in [-0.05, 0) is 67.2 Å². The Morgan fingerprint density at radius 2 is 1.63 bits per heavy atom. The van der Waals surface area contributed by atoms with Crippen LogP contribution in [0.2, 0.25) is 0 Å². The summed E-state index contributed by atoms with van der Waals surface area (Å²) in [6, 6.07) is 10.4. The molecule has 8 nitrogen and oxygen atoms in total. The highest BCUT2D eigenvalue weighted by molar-refractivity contribution is 6.24. The van der Waals surface area contributed by atoms with Crippen LogP contribution in [0.5, 0.6) is 17.2 Å². The third-order valence-corrected chi connectivity index (χ3v) is 8.98. The van der Waals surface area contributed by atoms with Gasteiger partial charge in [-0.2, -0.15) is 0 Å². The van der Waals surface area contributed by atoms with E-state index in [9.17, 15) is 24.3 Å². The van der Waals surface area contributed by atoms with Gasteiger partial charge in [0.1, 0.15) is 0 Å². The van der Waals surface area contributed by atoms with E-state index in [1.807, 2.05) is 12.2 Å². The Balaban J connectivity index is 1.42. The van der Waals surface area contributed by atoms with Crippen molar-refractivity contribution in [2.75, 3.05) is 19.1 Å². The molecule has 218 valence electrons. The zero-order chi connectivity index (χ0) is 30.6. The van der Waals surface area contributed by atoms with Crippen LogP contribution in [0.25, 0.3) is 12.2 Å². The van der Waals surface area contributed by atoms with Gasteiger partial charge in [-0.1, -0.05) is 48.6 Å². The normalized spacial score (nSPS) is 24.9. The highest BCUT2D eigenvalue weighted by Crippen LogP contribution is 2.53. The number of imide groups is 1. The number of ether oxygens (including phenoxy) is 2. The third kappa shape index (κ3) is 4.45. The molecule has 0 saturated carbocycles. The molecule has 43 heavy (non-hydrogen) atoms. The van der Waals surface area contributed by atoms with E-state index in [1.165, 1.54) is 25.2 Å². The van der Waals surface area contributed by atoms with Gasteiger partial charge in [0.2, 0.25) is 17.6 Å². The van der Waals surface area contributed by atoms with Crippen LogP contribution in [0.15, 0.2) is 83.5 Å². The Kier molecular flexibility index (Phi) is 7.00. The molecule has 0 aromatic heterocycles. The van der Waals surface area contributed by atoms with Crippen LogP contribution in [0.3, 0.4) is 0 Å². The number of Topliss-reactive ketones (excluding diaryl/α,β-unsaturated/α-hetero) is 1. The van der Waals surface area contributed by atoms with E-state index in [2.05, 4.69) is 6.58 Å². The Labute approximate surface area is 249 Å². The van der Waals surface area contributed by atoms with Gasteiger partial charge in [0.25, 0.3) is 0 Å². The minimum atomic E-state index is -0.653. The van der Waals surface area contributed by atoms with Crippen LogP contribution >= 0.6 is 0 Å². The first-order valence-corrected chi connectivity index (χ1v) is 14.1. The third-order valence-electron chi connectivity index (χ3n) is 8.98. The van der Waals surface area contributed by atoms with E-state index in [0.717, 1.165) is 11.1 Å². The Bertz CT molecular complexity index is 1700. The standard InChI is InChI=1S/C35H31NO7/c1-5-19-6-9-21(10-7-19)36-34(40)24-13-12-22-23(11-8-20-15-28(42-3)33(39)29(16-20)43-4)30-26(17-25(22)31(24)35(36)41)27(37)14-18(2)32(30)38/h5-12,14-16,23-25,31,39H,1,13,17H2,2-4H3/t23-,24-,25+,31-/m0/s1. The van der Waals surface area contributed by atoms with Gasteiger partial charge in [-0.25, -0.2) is 0 Å². The maximum absolute atomic E-state index is 14.0. The number of phenols is 1. The molecule has 2 aromatic rings. The lowest BCUT2D eigenvalue weighted by Crippen LogP contribution is -2.40. The van der Waals surface area contributed by atoms with Crippen LogP contribution in [0.4, 0.5) is 5.69 Å². The molecule has 0 unspecified atom stereocenters. The van der Waals surface area contributed by atoms with E-state index in [4.69, 9.17) is 9.47 Å². The monoisotopic (exact) mass is 577 g/mol. The average molecular weight is 578 g/mol. The summed E-state index contributed by atoms with van der Waals surface area (Å²) in [6.45, 7) is 5.39. The number of aromatic hydroxyl groups is 1. The molecule has 8 heteroatoms. The number of anilines is 1. The largest absolute Gasteiger partial charge is 0.502 e. The second kappa shape index (κ2) is 10.7. The molecule has 4 aliphatic rings. The van der Waals surface area contributed by atoms with Crippen molar-refractivity contribution < 1.29 is 33.8 Å². The average Bonchev–Trinajstić information content (AvgIpc) is 3.27. The summed E-state index contributed by atoms with van der Waals surface area (Å²) < 4.78 is 10.6. The van der Waals surface area contributed by atoms with Crippen LogP contribution < -0.4 is 14.4 Å². The number of ketones is 2. The molecule has 1 N–H and O–H groups in total. The lowest BCUT2D eigenvalue weighted by Gasteiger charge is -2.41. The summed E-state index contributed by atoms with van der Waals surface area (Å²) >= 11 is 0. The summed E-state index contributed by atoms with van der Waals surface area (Å²) in [5, 5.41) is 10.3. The Morgan fingerprint density at radius 3 is 2.26 bits per heavy atom. The van der Waals surface area contributed by atoms with Gasteiger partial charge in [-0.15, -0.1) is 0 Å². The molecule has 1 aliphatic heterocycles. The summed E-state index contributed by atoms with van der Waals surface area (Å²) in [4.78, 5) is 55.7. The second-order valence-corrected chi connectivity index (χ2v) is 11.2. The van der Waals surface area contributed by atoms with Crippen molar-refractivity contribution in [3.8, 4) is 17.2 Å². The fourth-order valence-corrected chi connectivity index (χ4v) is 6.87. The highest BCUT2D eigenvalue weighted by atomic mass is 16.5. The number of phenolic OH excluding ortho intramolecular Hbond substituents is 1. The maximum atomic E-state index is 14.0. The van der Waals surface area contributed by atoms with Gasteiger partial charge in [-0.3, -0.25) is 24.1 Å². The number of carbonyl (C=O) groups excluding carboxylic acids is 4. The molecular formula is C35H31NO7. The van der Waals surface area contributed by atoms with E-state index in [1.54, 1.807) is 55.5 Å². The number of fused-ring (bicyclic) bond motifs is 3. The van der Waals surface area contributed by atoms with Crippen molar-refractivity contribution in [3.63, 3.8) is 0 Å². The lowest BCUT2D eigenvalue weighted by molar-refractivity contribution is -0.123. The molecule has 1 heterocycles. The van der Waals surface area contributed by atoms with Crippen molar-refractivity contribution >= 4 is 41.2 Å². The number of methoxy groups -OCH3 is 2. The van der Waals surface area contributed by atoms with Crippen LogP contribution in [-0.2, 0) is 19.2 Å².